The molecule has 0 saturated carbocycles. The Kier molecular flexibility index (Phi) is 11.4. The summed E-state index contributed by atoms with van der Waals surface area (Å²) in [5, 5.41) is 3.06. The third-order valence-electron chi connectivity index (χ3n) is 7.58. The molecule has 3 heterocycles. The molecule has 0 unspecified atom stereocenters. The summed E-state index contributed by atoms with van der Waals surface area (Å²) in [6, 6.07) is 1.34. The van der Waals surface area contributed by atoms with Crippen molar-refractivity contribution in [2.45, 2.75) is 104 Å². The van der Waals surface area contributed by atoms with Crippen LogP contribution in [0.3, 0.4) is 0 Å². The molecule has 0 aliphatic carbocycles. The largest absolute Gasteiger partial charge is 0.460 e. The van der Waals surface area contributed by atoms with Crippen molar-refractivity contribution in [2.24, 2.45) is 11.8 Å². The number of pyridine rings is 1. The van der Waals surface area contributed by atoms with E-state index in [4.69, 9.17) is 9.47 Å². The zero-order valence-electron chi connectivity index (χ0n) is 26.5. The second-order valence-electron chi connectivity index (χ2n) is 13.8. The molecule has 2 aliphatic heterocycles. The van der Waals surface area contributed by atoms with Crippen LogP contribution in [0.4, 0.5) is 4.79 Å². The number of amides is 3. The van der Waals surface area contributed by atoms with Gasteiger partial charge in [-0.05, 0) is 85.1 Å². The number of ether oxygens (including phenoxy) is 2. The Labute approximate surface area is 251 Å². The topological polar surface area (TPSA) is 118 Å². The molecular formula is C31H49BN4O6. The van der Waals surface area contributed by atoms with Gasteiger partial charge in [-0.2, -0.15) is 0 Å². The van der Waals surface area contributed by atoms with Gasteiger partial charge in [-0.3, -0.25) is 19.4 Å². The second kappa shape index (κ2) is 14.4. The van der Waals surface area contributed by atoms with E-state index in [9.17, 15) is 19.2 Å². The van der Waals surface area contributed by atoms with Gasteiger partial charge in [0.05, 0.1) is 18.4 Å². The Balaban J connectivity index is 1.51. The zero-order valence-corrected chi connectivity index (χ0v) is 26.5. The Morgan fingerprint density at radius 1 is 0.976 bits per heavy atom. The minimum Gasteiger partial charge on any atom is -0.460 e. The maximum Gasteiger partial charge on any atom is 0.410 e. The Morgan fingerprint density at radius 3 is 2.26 bits per heavy atom. The Bertz CT molecular complexity index is 1110. The molecule has 0 bridgehead atoms. The van der Waals surface area contributed by atoms with Crippen molar-refractivity contribution in [2.75, 3.05) is 26.2 Å². The molecule has 1 aromatic heterocycles. The summed E-state index contributed by atoms with van der Waals surface area (Å²) in [6.07, 6.45) is 7.45. The number of hydrogen-bond donors (Lipinski definition) is 1. The lowest BCUT2D eigenvalue weighted by Crippen LogP contribution is -2.46. The molecule has 2 atom stereocenters. The zero-order chi connectivity index (χ0) is 31.1. The fourth-order valence-electron chi connectivity index (χ4n) is 5.49. The van der Waals surface area contributed by atoms with Crippen LogP contribution in [0.15, 0.2) is 18.5 Å². The average Bonchev–Trinajstić information content (AvgIpc) is 2.89. The van der Waals surface area contributed by atoms with E-state index in [1.807, 2.05) is 55.5 Å². The predicted molar refractivity (Wildman–Crippen MR) is 163 cm³/mol. The molecule has 2 fully saturated rings. The van der Waals surface area contributed by atoms with Crippen molar-refractivity contribution >= 4 is 37.2 Å². The van der Waals surface area contributed by atoms with Crippen LogP contribution in [-0.4, -0.2) is 83.9 Å². The first-order chi connectivity index (χ1) is 19.6. The first-order valence-corrected chi connectivity index (χ1v) is 15.3. The average molecular weight is 585 g/mol. The maximum absolute atomic E-state index is 13.4. The summed E-state index contributed by atoms with van der Waals surface area (Å²) in [6.45, 7) is 13.3. The van der Waals surface area contributed by atoms with Crippen LogP contribution in [0.5, 0.6) is 0 Å². The van der Waals surface area contributed by atoms with Gasteiger partial charge in [-0.15, -0.1) is 0 Å². The van der Waals surface area contributed by atoms with Gasteiger partial charge >= 0.3 is 12.1 Å². The van der Waals surface area contributed by atoms with Crippen LogP contribution >= 0.6 is 0 Å². The van der Waals surface area contributed by atoms with Gasteiger partial charge in [-0.1, -0.05) is 11.5 Å². The molecule has 42 heavy (non-hydrogen) atoms. The van der Waals surface area contributed by atoms with Crippen LogP contribution in [0.25, 0.3) is 0 Å². The molecule has 1 N–H and O–H groups in total. The molecule has 0 radical (unpaired) electrons. The number of carbonyl (C=O) groups is 4. The van der Waals surface area contributed by atoms with E-state index in [1.165, 1.54) is 0 Å². The first-order valence-electron chi connectivity index (χ1n) is 15.3. The van der Waals surface area contributed by atoms with Gasteiger partial charge in [0.15, 0.2) is 0 Å². The van der Waals surface area contributed by atoms with Crippen molar-refractivity contribution in [1.29, 1.82) is 0 Å². The van der Waals surface area contributed by atoms with E-state index in [0.717, 1.165) is 36.7 Å². The molecule has 10 nitrogen and oxygen atoms in total. The normalized spacial score (nSPS) is 19.1. The summed E-state index contributed by atoms with van der Waals surface area (Å²) in [5.41, 5.74) is 0.535. The lowest BCUT2D eigenvalue weighted by molar-refractivity contribution is -0.155. The summed E-state index contributed by atoms with van der Waals surface area (Å²) in [5.74, 6) is -0.467. The van der Waals surface area contributed by atoms with E-state index in [0.29, 0.717) is 44.9 Å². The number of rotatable bonds is 8. The number of hydrogen-bond acceptors (Lipinski definition) is 7. The summed E-state index contributed by atoms with van der Waals surface area (Å²) in [4.78, 5) is 59.4. The van der Waals surface area contributed by atoms with Crippen LogP contribution in [0.2, 0.25) is 0 Å². The Hall–Kier alpha value is -3.11. The fraction of sp³-hybridized carbons (Fsp3) is 0.710. The SMILES string of the molecule is Bc1cncc([C@H](CC(=O)OC(C)(C)C)NC(=O)[C@@H]2CCCN(C(=O)CCC3CCN(C(=O)OC(C)(C)C)CC3)C2)c1. The highest BCUT2D eigenvalue weighted by atomic mass is 16.6. The number of likely N-dealkylation sites (tertiary alicyclic amines) is 2. The standard InChI is InChI=1S/C31H49BN4O6/c1-30(2,3)41-27(38)17-25(23-16-24(32)19-33-18-23)34-28(39)22-8-7-13-36(20-22)26(37)10-9-21-11-14-35(15-12-21)29(40)42-31(4,5)6/h16,18-19,21-22,25H,7-15,17,20,32H2,1-6H3,(H,34,39)/t22-,25+/m1/s1. The number of aromatic nitrogens is 1. The van der Waals surface area contributed by atoms with Crippen molar-refractivity contribution in [3.63, 3.8) is 0 Å². The molecule has 3 amide bonds. The van der Waals surface area contributed by atoms with E-state index in [-0.39, 0.29) is 30.2 Å². The summed E-state index contributed by atoms with van der Waals surface area (Å²) < 4.78 is 11.0. The van der Waals surface area contributed by atoms with Crippen LogP contribution < -0.4 is 10.8 Å². The first kappa shape index (κ1) is 33.4. The highest BCUT2D eigenvalue weighted by Gasteiger charge is 2.32. The summed E-state index contributed by atoms with van der Waals surface area (Å²) in [7, 11) is 1.91. The number of nitrogens with zero attached hydrogens (tertiary/aromatic N) is 3. The smallest absolute Gasteiger partial charge is 0.410 e. The molecule has 0 aromatic carbocycles. The minimum atomic E-state index is -0.629. The van der Waals surface area contributed by atoms with Gasteiger partial charge < -0.3 is 24.6 Å². The minimum absolute atomic E-state index is 0.00372. The lowest BCUT2D eigenvalue weighted by atomic mass is 9.91. The van der Waals surface area contributed by atoms with E-state index in [2.05, 4.69) is 10.3 Å². The molecule has 1 aromatic rings. The maximum atomic E-state index is 13.4. The van der Waals surface area contributed by atoms with E-state index in [1.54, 1.807) is 22.2 Å². The molecule has 232 valence electrons. The lowest BCUT2D eigenvalue weighted by Gasteiger charge is -2.35. The van der Waals surface area contributed by atoms with Crippen molar-refractivity contribution in [3.8, 4) is 0 Å². The third kappa shape index (κ3) is 10.9. The molecule has 3 rings (SSSR count). The number of carbonyl (C=O) groups excluding carboxylic acids is 4. The number of piperidine rings is 2. The molecule has 11 heteroatoms. The highest BCUT2D eigenvalue weighted by molar-refractivity contribution is 6.32. The highest BCUT2D eigenvalue weighted by Crippen LogP contribution is 2.26. The van der Waals surface area contributed by atoms with Crippen molar-refractivity contribution in [3.05, 3.63) is 24.0 Å². The molecule has 2 saturated heterocycles. The third-order valence-corrected chi connectivity index (χ3v) is 7.58. The molecule has 0 spiro atoms. The monoisotopic (exact) mass is 584 g/mol. The molecule has 2 aliphatic rings. The molecular weight excluding hydrogens is 535 g/mol. The summed E-state index contributed by atoms with van der Waals surface area (Å²) >= 11 is 0. The fourth-order valence-corrected chi connectivity index (χ4v) is 5.49. The second-order valence-corrected chi connectivity index (χ2v) is 13.8. The van der Waals surface area contributed by atoms with Crippen LogP contribution in [0.1, 0.15) is 98.1 Å². The van der Waals surface area contributed by atoms with Crippen LogP contribution in [-0.2, 0) is 23.9 Å². The van der Waals surface area contributed by atoms with Gasteiger partial charge in [-0.25, -0.2) is 4.79 Å². The van der Waals surface area contributed by atoms with Crippen molar-refractivity contribution < 1.29 is 28.7 Å². The van der Waals surface area contributed by atoms with Gasteiger partial charge in [0.1, 0.15) is 19.0 Å². The van der Waals surface area contributed by atoms with Gasteiger partial charge in [0.2, 0.25) is 11.8 Å². The van der Waals surface area contributed by atoms with Crippen molar-refractivity contribution in [1.82, 2.24) is 20.1 Å². The van der Waals surface area contributed by atoms with E-state index >= 15 is 0 Å². The quantitative estimate of drug-likeness (QED) is 0.369. The van der Waals surface area contributed by atoms with Gasteiger partial charge in [0.25, 0.3) is 0 Å². The Morgan fingerprint density at radius 2 is 1.64 bits per heavy atom. The van der Waals surface area contributed by atoms with E-state index < -0.39 is 23.2 Å². The number of nitrogens with one attached hydrogen (secondary N) is 1. The predicted octanol–water partition coefficient (Wildman–Crippen LogP) is 2.90. The number of esters is 1. The van der Waals surface area contributed by atoms with Crippen LogP contribution in [0, 0.1) is 11.8 Å². The van der Waals surface area contributed by atoms with Gasteiger partial charge in [0, 0.05) is 45.0 Å².